The molecule has 6 atom stereocenters. The van der Waals surface area contributed by atoms with E-state index in [0.717, 1.165) is 32.1 Å². The fraction of sp³-hybridized carbons (Fsp3) is 0.739. The number of Topliss-reactive ketones (excluding diaryl/α,β-unsaturated/α-hetero) is 1. The number of carbonyl (C=O) groups excluding carboxylic acids is 2. The molecule has 0 aromatic rings. The smallest absolute Gasteiger partial charge is 0.342 e. The third-order valence-corrected chi connectivity index (χ3v) is 8.38. The summed E-state index contributed by atoms with van der Waals surface area (Å²) in [4.78, 5) is 25.5. The highest BCUT2D eigenvalue weighted by Gasteiger charge is 2.60. The molecule has 0 amide bonds. The van der Waals surface area contributed by atoms with Crippen LogP contribution in [0.5, 0.6) is 0 Å². The Morgan fingerprint density at radius 1 is 1.32 bits per heavy atom. The molecule has 5 heteroatoms. The molecule has 28 heavy (non-hydrogen) atoms. The number of fused-ring (bicyclic) bond motifs is 1. The van der Waals surface area contributed by atoms with Crippen molar-refractivity contribution in [3.05, 3.63) is 24.0 Å². The summed E-state index contributed by atoms with van der Waals surface area (Å²) in [6.07, 6.45) is 7.05. The van der Waals surface area contributed by atoms with E-state index >= 15 is 0 Å². The summed E-state index contributed by atoms with van der Waals surface area (Å²) in [7, 11) is 2.62. The second-order valence-electron chi connectivity index (χ2n) is 9.56. The number of rotatable bonds is 4. The van der Waals surface area contributed by atoms with Gasteiger partial charge in [0.15, 0.2) is 11.4 Å². The van der Waals surface area contributed by atoms with Crippen LogP contribution >= 0.6 is 0 Å². The summed E-state index contributed by atoms with van der Waals surface area (Å²) >= 11 is 0. The van der Waals surface area contributed by atoms with Gasteiger partial charge in [-0.1, -0.05) is 32.9 Å². The molecule has 0 unspecified atom stereocenters. The molecule has 0 saturated heterocycles. The number of aliphatic hydroxyl groups is 1. The lowest BCUT2D eigenvalue weighted by molar-refractivity contribution is -0.167. The number of hydrogen-bond donors (Lipinski definition) is 1. The third-order valence-electron chi connectivity index (χ3n) is 8.38. The molecule has 156 valence electrons. The van der Waals surface area contributed by atoms with Gasteiger partial charge in [0.2, 0.25) is 5.78 Å². The fourth-order valence-electron chi connectivity index (χ4n) is 6.27. The van der Waals surface area contributed by atoms with Crippen molar-refractivity contribution in [1.29, 1.82) is 0 Å². The standard InChI is InChI=1S/C23H34O5/c1-14-8-7-9-18-21(14,3)11-10-15(2)22(18,4)12-16-19(24)17(27-5)13-23(16,26)20(25)28-6/h13,15-16,18,26H,1,7-12H2,2-6H3/t15-,16+,18+,21+,22+,23-/m0/s1. The van der Waals surface area contributed by atoms with Crippen molar-refractivity contribution in [3.8, 4) is 0 Å². The van der Waals surface area contributed by atoms with Crippen molar-refractivity contribution < 1.29 is 24.2 Å². The van der Waals surface area contributed by atoms with Gasteiger partial charge in [0.25, 0.3) is 0 Å². The molecule has 0 radical (unpaired) electrons. The van der Waals surface area contributed by atoms with Crippen molar-refractivity contribution >= 4 is 11.8 Å². The average Bonchev–Trinajstić information content (AvgIpc) is 2.91. The van der Waals surface area contributed by atoms with Crippen molar-refractivity contribution in [3.63, 3.8) is 0 Å². The maximum Gasteiger partial charge on any atom is 0.342 e. The highest BCUT2D eigenvalue weighted by Crippen LogP contribution is 2.63. The molecular formula is C23H34O5. The van der Waals surface area contributed by atoms with E-state index in [1.54, 1.807) is 0 Å². The van der Waals surface area contributed by atoms with E-state index in [1.807, 2.05) is 0 Å². The van der Waals surface area contributed by atoms with E-state index in [9.17, 15) is 14.7 Å². The van der Waals surface area contributed by atoms with Crippen LogP contribution in [0.3, 0.4) is 0 Å². The Kier molecular flexibility index (Phi) is 5.28. The zero-order chi connectivity index (χ0) is 20.9. The van der Waals surface area contributed by atoms with Crippen molar-refractivity contribution in [2.24, 2.45) is 28.6 Å². The highest BCUT2D eigenvalue weighted by molar-refractivity contribution is 6.05. The average molecular weight is 391 g/mol. The predicted molar refractivity (Wildman–Crippen MR) is 106 cm³/mol. The lowest BCUT2D eigenvalue weighted by atomic mass is 9.45. The number of methoxy groups -OCH3 is 2. The molecule has 1 N–H and O–H groups in total. The van der Waals surface area contributed by atoms with Gasteiger partial charge in [-0.05, 0) is 61.2 Å². The van der Waals surface area contributed by atoms with E-state index < -0.39 is 17.5 Å². The molecule has 2 fully saturated rings. The van der Waals surface area contributed by atoms with Gasteiger partial charge in [0.05, 0.1) is 20.1 Å². The van der Waals surface area contributed by atoms with Crippen LogP contribution in [0, 0.1) is 28.6 Å². The summed E-state index contributed by atoms with van der Waals surface area (Å²) in [5.74, 6) is -1.23. The Morgan fingerprint density at radius 3 is 2.61 bits per heavy atom. The molecule has 0 bridgehead atoms. The zero-order valence-electron chi connectivity index (χ0n) is 17.8. The van der Waals surface area contributed by atoms with Crippen LogP contribution in [-0.4, -0.2) is 36.7 Å². The highest BCUT2D eigenvalue weighted by atomic mass is 16.5. The van der Waals surface area contributed by atoms with Gasteiger partial charge in [0.1, 0.15) is 0 Å². The molecule has 3 rings (SSSR count). The minimum absolute atomic E-state index is 0.0424. The molecule has 3 aliphatic rings. The van der Waals surface area contributed by atoms with Crippen LogP contribution in [0.2, 0.25) is 0 Å². The summed E-state index contributed by atoms with van der Waals surface area (Å²) in [5, 5.41) is 11.2. The van der Waals surface area contributed by atoms with E-state index in [2.05, 4.69) is 27.4 Å². The fourth-order valence-corrected chi connectivity index (χ4v) is 6.27. The summed E-state index contributed by atoms with van der Waals surface area (Å²) in [6, 6.07) is 0. The number of carbonyl (C=O) groups is 2. The van der Waals surface area contributed by atoms with Gasteiger partial charge in [-0.15, -0.1) is 0 Å². The molecule has 5 nitrogen and oxygen atoms in total. The maximum atomic E-state index is 13.0. The first-order valence-electron chi connectivity index (χ1n) is 10.3. The first-order chi connectivity index (χ1) is 13.0. The molecule has 0 spiro atoms. The monoisotopic (exact) mass is 390 g/mol. The van der Waals surface area contributed by atoms with E-state index in [0.29, 0.717) is 18.3 Å². The van der Waals surface area contributed by atoms with Crippen molar-refractivity contribution in [2.75, 3.05) is 14.2 Å². The van der Waals surface area contributed by atoms with E-state index in [4.69, 9.17) is 9.47 Å². The number of hydrogen-bond acceptors (Lipinski definition) is 5. The Balaban J connectivity index is 2.00. The van der Waals surface area contributed by atoms with Crippen LogP contribution in [-0.2, 0) is 19.1 Å². The van der Waals surface area contributed by atoms with Crippen LogP contribution in [0.4, 0.5) is 0 Å². The second kappa shape index (κ2) is 7.01. The van der Waals surface area contributed by atoms with Crippen molar-refractivity contribution in [2.45, 2.75) is 64.9 Å². The Hall–Kier alpha value is -1.62. The normalized spacial score (nSPS) is 43.4. The van der Waals surface area contributed by atoms with Crippen LogP contribution in [0.25, 0.3) is 0 Å². The molecule has 0 heterocycles. The zero-order valence-corrected chi connectivity index (χ0v) is 17.8. The molecule has 0 aliphatic heterocycles. The Morgan fingerprint density at radius 2 is 2.00 bits per heavy atom. The number of allylic oxidation sites excluding steroid dienone is 2. The largest absolute Gasteiger partial charge is 0.493 e. The number of ketones is 1. The molecule has 0 aromatic heterocycles. The van der Waals surface area contributed by atoms with Crippen LogP contribution in [0.15, 0.2) is 24.0 Å². The predicted octanol–water partition coefficient (Wildman–Crippen LogP) is 3.81. The van der Waals surface area contributed by atoms with Gasteiger partial charge in [0, 0.05) is 6.08 Å². The molecular weight excluding hydrogens is 356 g/mol. The third kappa shape index (κ3) is 2.85. The maximum absolute atomic E-state index is 13.0. The minimum Gasteiger partial charge on any atom is -0.493 e. The van der Waals surface area contributed by atoms with Gasteiger partial charge >= 0.3 is 5.97 Å². The van der Waals surface area contributed by atoms with Crippen LogP contribution < -0.4 is 0 Å². The van der Waals surface area contributed by atoms with E-state index in [1.165, 1.54) is 25.9 Å². The van der Waals surface area contributed by atoms with E-state index in [-0.39, 0.29) is 22.4 Å². The van der Waals surface area contributed by atoms with Gasteiger partial charge in [-0.3, -0.25) is 4.79 Å². The van der Waals surface area contributed by atoms with Gasteiger partial charge < -0.3 is 14.6 Å². The number of esters is 1. The lowest BCUT2D eigenvalue weighted by Crippen LogP contribution is -2.54. The number of ether oxygens (including phenoxy) is 2. The minimum atomic E-state index is -1.97. The first kappa shape index (κ1) is 21.1. The molecule has 0 aromatic carbocycles. The summed E-state index contributed by atoms with van der Waals surface area (Å²) < 4.78 is 10.0. The molecule has 2 saturated carbocycles. The van der Waals surface area contributed by atoms with Gasteiger partial charge in [-0.25, -0.2) is 4.79 Å². The summed E-state index contributed by atoms with van der Waals surface area (Å²) in [6.45, 7) is 11.2. The molecule has 3 aliphatic carbocycles. The van der Waals surface area contributed by atoms with Crippen LogP contribution in [0.1, 0.15) is 59.3 Å². The van der Waals surface area contributed by atoms with Crippen molar-refractivity contribution in [1.82, 2.24) is 0 Å². The Bertz CT molecular complexity index is 725. The SMILES string of the molecule is C=C1CCC[C@H]2[C@](C)(C[C@@H]3C(=O)C(OC)=C[C@@]3(O)C(=O)OC)[C@@H](C)CC[C@]12C. The summed E-state index contributed by atoms with van der Waals surface area (Å²) in [5.41, 5.74) is -0.824. The second-order valence-corrected chi connectivity index (χ2v) is 9.56. The topological polar surface area (TPSA) is 72.8 Å². The quantitative estimate of drug-likeness (QED) is 0.584. The lowest BCUT2D eigenvalue weighted by Gasteiger charge is -2.59. The van der Waals surface area contributed by atoms with Gasteiger partial charge in [-0.2, -0.15) is 0 Å². The first-order valence-corrected chi connectivity index (χ1v) is 10.3. The Labute approximate surface area is 168 Å².